The summed E-state index contributed by atoms with van der Waals surface area (Å²) in [5.41, 5.74) is 0.132. The average Bonchev–Trinajstić information content (AvgIpc) is 3.76. The van der Waals surface area contributed by atoms with E-state index < -0.39 is 10.0 Å². The third kappa shape index (κ3) is 4.14. The average molecular weight is 473 g/mol. The summed E-state index contributed by atoms with van der Waals surface area (Å²) >= 11 is 1.42. The minimum absolute atomic E-state index is 0.0173. The van der Waals surface area contributed by atoms with E-state index in [0.717, 1.165) is 23.8 Å². The Morgan fingerprint density at radius 2 is 1.81 bits per heavy atom. The van der Waals surface area contributed by atoms with Gasteiger partial charge in [-0.05, 0) is 37.8 Å². The number of nitriles is 1. The van der Waals surface area contributed by atoms with Crippen molar-refractivity contribution in [2.24, 2.45) is 0 Å². The molecule has 2 saturated carbocycles. The SMILES string of the molecule is N#Cc1ccccc1S(=O)(=O)N1CCN(C(=O)CSc2nnc(C3CC3)n2C2CC2)CC1. The lowest BCUT2D eigenvalue weighted by Crippen LogP contribution is -2.51. The minimum atomic E-state index is -3.77. The molecule has 0 atom stereocenters. The first-order valence-corrected chi connectivity index (χ1v) is 13.3. The lowest BCUT2D eigenvalue weighted by molar-refractivity contribution is -0.129. The smallest absolute Gasteiger partial charge is 0.244 e. The molecule has 5 rings (SSSR count). The van der Waals surface area contributed by atoms with Crippen molar-refractivity contribution >= 4 is 27.7 Å². The second-order valence-electron chi connectivity index (χ2n) is 8.40. The predicted molar refractivity (Wildman–Crippen MR) is 117 cm³/mol. The molecular weight excluding hydrogens is 448 g/mol. The highest BCUT2D eigenvalue weighted by molar-refractivity contribution is 7.99. The standard InChI is InChI=1S/C21H24N6O3S2/c22-13-16-3-1-2-4-18(16)32(29,30)26-11-9-25(10-12-26)19(28)14-31-21-24-23-20(15-5-6-15)27(21)17-7-8-17/h1-4,15,17H,5-12,14H2. The molecule has 168 valence electrons. The zero-order valence-electron chi connectivity index (χ0n) is 17.6. The topological polar surface area (TPSA) is 112 Å². The zero-order chi connectivity index (χ0) is 22.3. The molecule has 1 aliphatic heterocycles. The van der Waals surface area contributed by atoms with Gasteiger partial charge < -0.3 is 9.47 Å². The van der Waals surface area contributed by atoms with Gasteiger partial charge in [0.25, 0.3) is 0 Å². The van der Waals surface area contributed by atoms with Crippen LogP contribution >= 0.6 is 11.8 Å². The number of aromatic nitrogens is 3. The number of carbonyl (C=O) groups is 1. The molecule has 32 heavy (non-hydrogen) atoms. The molecule has 0 N–H and O–H groups in total. The molecule has 2 aliphatic carbocycles. The number of piperazine rings is 1. The van der Waals surface area contributed by atoms with Gasteiger partial charge in [0, 0.05) is 38.1 Å². The number of carbonyl (C=O) groups excluding carboxylic acids is 1. The summed E-state index contributed by atoms with van der Waals surface area (Å²) in [6, 6.07) is 8.62. The second kappa shape index (κ2) is 8.50. The van der Waals surface area contributed by atoms with Crippen molar-refractivity contribution in [3.8, 4) is 6.07 Å². The lowest BCUT2D eigenvalue weighted by Gasteiger charge is -2.34. The van der Waals surface area contributed by atoms with Crippen molar-refractivity contribution in [1.82, 2.24) is 24.0 Å². The van der Waals surface area contributed by atoms with E-state index in [1.807, 2.05) is 6.07 Å². The third-order valence-corrected chi connectivity index (χ3v) is 8.97. The molecule has 9 nitrogen and oxygen atoms in total. The van der Waals surface area contributed by atoms with Crippen molar-refractivity contribution < 1.29 is 13.2 Å². The fraction of sp³-hybridized carbons (Fsp3) is 0.524. The van der Waals surface area contributed by atoms with Crippen LogP contribution in [0.5, 0.6) is 0 Å². The summed E-state index contributed by atoms with van der Waals surface area (Å²) in [6.45, 7) is 1.08. The second-order valence-corrected chi connectivity index (χ2v) is 11.2. The monoisotopic (exact) mass is 472 g/mol. The lowest BCUT2D eigenvalue weighted by atomic mass is 10.2. The summed E-state index contributed by atoms with van der Waals surface area (Å²) in [5, 5.41) is 18.8. The number of benzene rings is 1. The van der Waals surface area contributed by atoms with E-state index in [-0.39, 0.29) is 35.2 Å². The Labute approximate surface area is 191 Å². The first-order valence-electron chi connectivity index (χ1n) is 10.8. The van der Waals surface area contributed by atoms with Gasteiger partial charge in [0.1, 0.15) is 11.9 Å². The first kappa shape index (κ1) is 21.4. The molecule has 0 radical (unpaired) electrons. The molecule has 3 fully saturated rings. The Kier molecular flexibility index (Phi) is 5.69. The van der Waals surface area contributed by atoms with Gasteiger partial charge in [-0.2, -0.15) is 9.57 Å². The minimum Gasteiger partial charge on any atom is -0.339 e. The normalized spacial score (nSPS) is 19.7. The Bertz CT molecular complexity index is 1170. The van der Waals surface area contributed by atoms with Crippen molar-refractivity contribution in [2.45, 2.75) is 47.7 Å². The quantitative estimate of drug-likeness (QED) is 0.566. The molecule has 1 amide bonds. The maximum Gasteiger partial charge on any atom is 0.244 e. The number of sulfonamides is 1. The summed E-state index contributed by atoms with van der Waals surface area (Å²) < 4.78 is 29.5. The Morgan fingerprint density at radius 1 is 1.09 bits per heavy atom. The van der Waals surface area contributed by atoms with Crippen LogP contribution in [0.1, 0.15) is 49.0 Å². The molecular formula is C21H24N6O3S2. The van der Waals surface area contributed by atoms with Crippen molar-refractivity contribution in [2.75, 3.05) is 31.9 Å². The van der Waals surface area contributed by atoms with E-state index in [4.69, 9.17) is 0 Å². The summed E-state index contributed by atoms with van der Waals surface area (Å²) in [5.74, 6) is 1.83. The van der Waals surface area contributed by atoms with Crippen LogP contribution in [0, 0.1) is 11.3 Å². The van der Waals surface area contributed by atoms with Crippen LogP contribution in [0.4, 0.5) is 0 Å². The molecule has 2 heterocycles. The van der Waals surface area contributed by atoms with Gasteiger partial charge >= 0.3 is 0 Å². The van der Waals surface area contributed by atoms with Crippen LogP contribution < -0.4 is 0 Å². The molecule has 3 aliphatic rings. The molecule has 0 spiro atoms. The van der Waals surface area contributed by atoms with Gasteiger partial charge in [0.05, 0.1) is 16.2 Å². The van der Waals surface area contributed by atoms with Gasteiger partial charge in [-0.25, -0.2) is 8.42 Å². The summed E-state index contributed by atoms with van der Waals surface area (Å²) in [4.78, 5) is 14.5. The maximum atomic E-state index is 13.0. The number of nitrogens with zero attached hydrogens (tertiary/aromatic N) is 6. The first-order chi connectivity index (χ1) is 15.5. The number of amides is 1. The fourth-order valence-electron chi connectivity index (χ4n) is 4.00. The molecule has 1 saturated heterocycles. The summed E-state index contributed by atoms with van der Waals surface area (Å²) in [7, 11) is -3.77. The zero-order valence-corrected chi connectivity index (χ0v) is 19.2. The number of hydrogen-bond acceptors (Lipinski definition) is 7. The third-order valence-electron chi connectivity index (χ3n) is 6.09. The van der Waals surface area contributed by atoms with Crippen molar-refractivity contribution in [3.05, 3.63) is 35.7 Å². The van der Waals surface area contributed by atoms with Gasteiger partial charge in [0.15, 0.2) is 5.16 Å². The molecule has 2 aromatic rings. The molecule has 1 aromatic heterocycles. The van der Waals surface area contributed by atoms with Crippen molar-refractivity contribution in [1.29, 1.82) is 5.26 Å². The maximum absolute atomic E-state index is 13.0. The van der Waals surface area contributed by atoms with Gasteiger partial charge in [0.2, 0.25) is 15.9 Å². The van der Waals surface area contributed by atoms with E-state index in [1.54, 1.807) is 17.0 Å². The largest absolute Gasteiger partial charge is 0.339 e. The highest BCUT2D eigenvalue weighted by Gasteiger charge is 2.37. The van der Waals surface area contributed by atoms with Gasteiger partial charge in [-0.15, -0.1) is 10.2 Å². The van der Waals surface area contributed by atoms with Crippen LogP contribution in [0.2, 0.25) is 0 Å². The molecule has 11 heteroatoms. The molecule has 0 unspecified atom stereocenters. The predicted octanol–water partition coefficient (Wildman–Crippen LogP) is 1.99. The van der Waals surface area contributed by atoms with E-state index in [9.17, 15) is 18.5 Å². The fourth-order valence-corrected chi connectivity index (χ4v) is 6.48. The highest BCUT2D eigenvalue weighted by Crippen LogP contribution is 2.46. The Morgan fingerprint density at radius 3 is 2.47 bits per heavy atom. The van der Waals surface area contributed by atoms with E-state index in [0.29, 0.717) is 25.0 Å². The van der Waals surface area contributed by atoms with Crippen LogP contribution in [-0.2, 0) is 14.8 Å². The van der Waals surface area contributed by atoms with E-state index >= 15 is 0 Å². The number of hydrogen-bond donors (Lipinski definition) is 0. The van der Waals surface area contributed by atoms with Crippen LogP contribution in [0.25, 0.3) is 0 Å². The molecule has 0 bridgehead atoms. The number of rotatable bonds is 7. The Hall–Kier alpha value is -2.42. The highest BCUT2D eigenvalue weighted by atomic mass is 32.2. The summed E-state index contributed by atoms with van der Waals surface area (Å²) in [6.07, 6.45) is 4.62. The van der Waals surface area contributed by atoms with Crippen LogP contribution in [-0.4, -0.2) is 70.2 Å². The Balaban J connectivity index is 1.19. The molecule has 1 aromatic carbocycles. The number of thioether (sulfide) groups is 1. The van der Waals surface area contributed by atoms with Crippen LogP contribution in [0.3, 0.4) is 0 Å². The van der Waals surface area contributed by atoms with Crippen molar-refractivity contribution in [3.63, 3.8) is 0 Å². The van der Waals surface area contributed by atoms with Gasteiger partial charge in [-0.3, -0.25) is 4.79 Å². The van der Waals surface area contributed by atoms with E-state index in [1.165, 1.54) is 41.0 Å². The van der Waals surface area contributed by atoms with Gasteiger partial charge in [-0.1, -0.05) is 23.9 Å². The van der Waals surface area contributed by atoms with Crippen LogP contribution in [0.15, 0.2) is 34.3 Å². The van der Waals surface area contributed by atoms with E-state index in [2.05, 4.69) is 14.8 Å².